The molecule has 4 nitrogen and oxygen atoms in total. The van der Waals surface area contributed by atoms with E-state index in [-0.39, 0.29) is 16.9 Å². The number of nitrogens with two attached hydrogens (primary N) is 1. The molecule has 1 saturated carbocycles. The summed E-state index contributed by atoms with van der Waals surface area (Å²) in [5, 5.41) is 0. The van der Waals surface area contributed by atoms with Crippen molar-refractivity contribution in [3.05, 3.63) is 29.6 Å². The molecular weight excluding hydrogens is 267 g/mol. The van der Waals surface area contributed by atoms with Crippen molar-refractivity contribution in [2.24, 2.45) is 11.7 Å². The smallest absolute Gasteiger partial charge is 0.240 e. The molecule has 1 aliphatic rings. The Kier molecular flexibility index (Phi) is 4.23. The fraction of sp³-hybridized carbons (Fsp3) is 0.538. The summed E-state index contributed by atoms with van der Waals surface area (Å²) >= 11 is 0. The van der Waals surface area contributed by atoms with Crippen LogP contribution in [0.25, 0.3) is 0 Å². The Balaban J connectivity index is 2.20. The monoisotopic (exact) mass is 286 g/mol. The maximum Gasteiger partial charge on any atom is 0.240 e. The summed E-state index contributed by atoms with van der Waals surface area (Å²) in [5.41, 5.74) is 6.06. The highest BCUT2D eigenvalue weighted by molar-refractivity contribution is 7.89. The first-order valence-corrected chi connectivity index (χ1v) is 7.91. The third-order valence-corrected chi connectivity index (χ3v) is 5.21. The van der Waals surface area contributed by atoms with Gasteiger partial charge in [0, 0.05) is 6.04 Å². The largest absolute Gasteiger partial charge is 0.330 e. The molecule has 2 rings (SSSR count). The third-order valence-electron chi connectivity index (χ3n) is 3.72. The van der Waals surface area contributed by atoms with Crippen LogP contribution in [0.1, 0.15) is 24.8 Å². The normalized spacial score (nSPS) is 23.7. The molecule has 6 heteroatoms. The van der Waals surface area contributed by atoms with Crippen molar-refractivity contribution in [2.45, 2.75) is 37.1 Å². The summed E-state index contributed by atoms with van der Waals surface area (Å²) in [6.45, 7) is 2.07. The minimum Gasteiger partial charge on any atom is -0.330 e. The van der Waals surface area contributed by atoms with E-state index in [1.807, 2.05) is 0 Å². The van der Waals surface area contributed by atoms with Gasteiger partial charge in [0.15, 0.2) is 0 Å². The molecule has 2 unspecified atom stereocenters. The van der Waals surface area contributed by atoms with Crippen molar-refractivity contribution < 1.29 is 12.8 Å². The average molecular weight is 286 g/mol. The highest BCUT2D eigenvalue weighted by Gasteiger charge is 2.30. The van der Waals surface area contributed by atoms with Crippen LogP contribution in [0.15, 0.2) is 23.1 Å². The van der Waals surface area contributed by atoms with Crippen LogP contribution in [-0.4, -0.2) is 21.0 Å². The molecule has 0 heterocycles. The lowest BCUT2D eigenvalue weighted by Gasteiger charge is -2.19. The average Bonchev–Trinajstić information content (AvgIpc) is 2.79. The van der Waals surface area contributed by atoms with Crippen LogP contribution in [0.5, 0.6) is 0 Å². The van der Waals surface area contributed by atoms with Gasteiger partial charge in [-0.2, -0.15) is 0 Å². The van der Waals surface area contributed by atoms with E-state index in [1.54, 1.807) is 6.92 Å². The summed E-state index contributed by atoms with van der Waals surface area (Å²) in [4.78, 5) is -0.0294. The van der Waals surface area contributed by atoms with E-state index in [2.05, 4.69) is 4.72 Å². The predicted molar refractivity (Wildman–Crippen MR) is 71.6 cm³/mol. The van der Waals surface area contributed by atoms with E-state index in [4.69, 9.17) is 5.73 Å². The molecule has 0 saturated heterocycles. The Labute approximate surface area is 113 Å². The summed E-state index contributed by atoms with van der Waals surface area (Å²) < 4.78 is 40.5. The fourth-order valence-corrected chi connectivity index (χ4v) is 3.83. The van der Waals surface area contributed by atoms with Crippen molar-refractivity contribution in [3.63, 3.8) is 0 Å². The van der Waals surface area contributed by atoms with E-state index in [0.29, 0.717) is 12.1 Å². The Morgan fingerprint density at radius 2 is 2.16 bits per heavy atom. The van der Waals surface area contributed by atoms with Crippen LogP contribution in [0.4, 0.5) is 4.39 Å². The standard InChI is InChI=1S/C13H19FN2O2S/c1-9-5-6-11(7-12(9)14)19(17,18)16-13-4-2-3-10(13)8-15/h5-7,10,13,16H,2-4,8,15H2,1H3. The highest BCUT2D eigenvalue weighted by Crippen LogP contribution is 2.26. The second kappa shape index (κ2) is 5.56. The number of rotatable bonds is 4. The molecule has 0 bridgehead atoms. The van der Waals surface area contributed by atoms with Crippen LogP contribution in [0.2, 0.25) is 0 Å². The summed E-state index contributed by atoms with van der Waals surface area (Å²) in [7, 11) is -3.67. The maximum absolute atomic E-state index is 13.5. The van der Waals surface area contributed by atoms with E-state index in [9.17, 15) is 12.8 Å². The SMILES string of the molecule is Cc1ccc(S(=O)(=O)NC2CCCC2CN)cc1F. The second-order valence-corrected chi connectivity index (χ2v) is 6.78. The van der Waals surface area contributed by atoms with Gasteiger partial charge in [0.25, 0.3) is 0 Å². The van der Waals surface area contributed by atoms with Gasteiger partial charge in [-0.05, 0) is 49.9 Å². The molecule has 2 atom stereocenters. The maximum atomic E-state index is 13.5. The van der Waals surface area contributed by atoms with Gasteiger partial charge < -0.3 is 5.73 Å². The van der Waals surface area contributed by atoms with Gasteiger partial charge in [-0.25, -0.2) is 17.5 Å². The van der Waals surface area contributed by atoms with Crippen molar-refractivity contribution >= 4 is 10.0 Å². The van der Waals surface area contributed by atoms with E-state index >= 15 is 0 Å². The zero-order valence-electron chi connectivity index (χ0n) is 10.9. The van der Waals surface area contributed by atoms with Crippen molar-refractivity contribution in [3.8, 4) is 0 Å². The number of aryl methyl sites for hydroxylation is 1. The van der Waals surface area contributed by atoms with Crippen LogP contribution in [0.3, 0.4) is 0 Å². The summed E-state index contributed by atoms with van der Waals surface area (Å²) in [6, 6.07) is 3.82. The van der Waals surface area contributed by atoms with Crippen molar-refractivity contribution in [1.82, 2.24) is 4.72 Å². The summed E-state index contributed by atoms with van der Waals surface area (Å²) in [6.07, 6.45) is 2.69. The molecule has 106 valence electrons. The molecule has 19 heavy (non-hydrogen) atoms. The van der Waals surface area contributed by atoms with Crippen molar-refractivity contribution in [1.29, 1.82) is 0 Å². The molecule has 0 radical (unpaired) electrons. The minimum atomic E-state index is -3.67. The van der Waals surface area contributed by atoms with Gasteiger partial charge in [-0.15, -0.1) is 0 Å². The zero-order valence-corrected chi connectivity index (χ0v) is 11.7. The van der Waals surface area contributed by atoms with E-state index < -0.39 is 15.8 Å². The number of hydrogen-bond donors (Lipinski definition) is 2. The molecule has 1 fully saturated rings. The lowest BCUT2D eigenvalue weighted by atomic mass is 10.1. The van der Waals surface area contributed by atoms with Crippen LogP contribution in [-0.2, 0) is 10.0 Å². The Bertz CT molecular complexity index is 560. The fourth-order valence-electron chi connectivity index (χ4n) is 2.48. The van der Waals surface area contributed by atoms with Gasteiger partial charge in [-0.1, -0.05) is 12.5 Å². The molecule has 0 aromatic heterocycles. The molecule has 0 spiro atoms. The molecule has 1 aromatic carbocycles. The topological polar surface area (TPSA) is 72.2 Å². The van der Waals surface area contributed by atoms with Gasteiger partial charge in [-0.3, -0.25) is 0 Å². The first kappa shape index (κ1) is 14.4. The molecule has 1 aromatic rings. The van der Waals surface area contributed by atoms with E-state index in [1.165, 1.54) is 12.1 Å². The zero-order chi connectivity index (χ0) is 14.0. The first-order valence-electron chi connectivity index (χ1n) is 6.42. The molecule has 1 aliphatic carbocycles. The highest BCUT2D eigenvalue weighted by atomic mass is 32.2. The van der Waals surface area contributed by atoms with E-state index in [0.717, 1.165) is 25.3 Å². The van der Waals surface area contributed by atoms with Crippen LogP contribution in [0, 0.1) is 18.7 Å². The number of halogens is 1. The molecular formula is C13H19FN2O2S. The number of hydrogen-bond acceptors (Lipinski definition) is 3. The van der Waals surface area contributed by atoms with Gasteiger partial charge in [0.1, 0.15) is 5.82 Å². The predicted octanol–water partition coefficient (Wildman–Crippen LogP) is 1.54. The minimum absolute atomic E-state index is 0.0294. The number of nitrogens with one attached hydrogen (secondary N) is 1. The third kappa shape index (κ3) is 3.13. The quantitative estimate of drug-likeness (QED) is 0.882. The van der Waals surface area contributed by atoms with Gasteiger partial charge in [0.05, 0.1) is 4.90 Å². The molecule has 3 N–H and O–H groups in total. The lowest BCUT2D eigenvalue weighted by molar-refractivity contribution is 0.452. The first-order chi connectivity index (χ1) is 8.94. The number of benzene rings is 1. The van der Waals surface area contributed by atoms with Crippen molar-refractivity contribution in [2.75, 3.05) is 6.54 Å². The lowest BCUT2D eigenvalue weighted by Crippen LogP contribution is -2.39. The number of sulfonamides is 1. The second-order valence-electron chi connectivity index (χ2n) is 5.07. The Morgan fingerprint density at radius 1 is 1.42 bits per heavy atom. The van der Waals surface area contributed by atoms with Crippen LogP contribution < -0.4 is 10.5 Å². The molecule has 0 aliphatic heterocycles. The summed E-state index contributed by atoms with van der Waals surface area (Å²) in [5.74, 6) is -0.338. The Morgan fingerprint density at radius 3 is 2.79 bits per heavy atom. The van der Waals surface area contributed by atoms with Gasteiger partial charge in [0.2, 0.25) is 10.0 Å². The molecule has 0 amide bonds. The Hall–Kier alpha value is -0.980. The van der Waals surface area contributed by atoms with Crippen LogP contribution >= 0.6 is 0 Å². The van der Waals surface area contributed by atoms with Gasteiger partial charge >= 0.3 is 0 Å².